The molecule has 0 fully saturated rings. The number of imide groups is 1. The molecule has 0 radical (unpaired) electrons. The summed E-state index contributed by atoms with van der Waals surface area (Å²) in [5.74, 6) is -0.747. The molecule has 0 unspecified atom stereocenters. The number of carbonyl (C=O) groups excluding carboxylic acids is 2. The average molecular weight is 253 g/mol. The minimum atomic E-state index is -0.382. The zero-order valence-corrected chi connectivity index (χ0v) is 9.94. The number of nitrogens with one attached hydrogen (secondary N) is 2. The Morgan fingerprint density at radius 1 is 1.00 bits per heavy atom. The Hall–Kier alpha value is -2.82. The van der Waals surface area contributed by atoms with Crippen LogP contribution in [0, 0.1) is 0 Å². The number of anilines is 3. The Morgan fingerprint density at radius 3 is 2.58 bits per heavy atom. The summed E-state index contributed by atoms with van der Waals surface area (Å²) in [6.45, 7) is 0. The lowest BCUT2D eigenvalue weighted by Gasteiger charge is -2.09. The highest BCUT2D eigenvalue weighted by molar-refractivity contribution is 6.24. The van der Waals surface area contributed by atoms with E-state index < -0.39 is 0 Å². The van der Waals surface area contributed by atoms with Gasteiger partial charge in [-0.3, -0.25) is 14.9 Å². The highest BCUT2D eigenvalue weighted by Crippen LogP contribution is 2.27. The lowest BCUT2D eigenvalue weighted by molar-refractivity contribution is 0.0880. The van der Waals surface area contributed by atoms with Crippen molar-refractivity contribution in [2.75, 3.05) is 11.1 Å². The maximum atomic E-state index is 11.8. The van der Waals surface area contributed by atoms with Crippen LogP contribution in [-0.2, 0) is 0 Å². The molecule has 4 N–H and O–H groups in total. The summed E-state index contributed by atoms with van der Waals surface area (Å²) in [4.78, 5) is 23.3. The second-order valence-electron chi connectivity index (χ2n) is 4.26. The van der Waals surface area contributed by atoms with Crippen molar-refractivity contribution >= 4 is 28.9 Å². The van der Waals surface area contributed by atoms with Crippen molar-refractivity contribution in [1.82, 2.24) is 5.32 Å². The molecule has 5 heteroatoms. The number of fused-ring (bicyclic) bond motifs is 1. The molecule has 2 amide bonds. The summed E-state index contributed by atoms with van der Waals surface area (Å²) < 4.78 is 0. The summed E-state index contributed by atoms with van der Waals surface area (Å²) in [5.41, 5.74) is 8.44. The SMILES string of the molecule is Nc1cccc(Nc2cccc3c2C(=O)NC3=O)c1. The van der Waals surface area contributed by atoms with E-state index in [1.807, 2.05) is 12.1 Å². The first-order valence-electron chi connectivity index (χ1n) is 5.76. The van der Waals surface area contributed by atoms with E-state index in [4.69, 9.17) is 5.73 Å². The molecule has 94 valence electrons. The van der Waals surface area contributed by atoms with Gasteiger partial charge in [-0.25, -0.2) is 0 Å². The van der Waals surface area contributed by atoms with Crippen molar-refractivity contribution in [3.63, 3.8) is 0 Å². The minimum Gasteiger partial charge on any atom is -0.399 e. The minimum absolute atomic E-state index is 0.365. The normalized spacial score (nSPS) is 13.1. The molecule has 0 aliphatic carbocycles. The van der Waals surface area contributed by atoms with Gasteiger partial charge >= 0.3 is 0 Å². The number of rotatable bonds is 2. The van der Waals surface area contributed by atoms with Gasteiger partial charge in [0.2, 0.25) is 0 Å². The predicted molar refractivity (Wildman–Crippen MR) is 72.4 cm³/mol. The van der Waals surface area contributed by atoms with E-state index in [-0.39, 0.29) is 11.8 Å². The van der Waals surface area contributed by atoms with Crippen LogP contribution in [0.15, 0.2) is 42.5 Å². The Bertz CT molecular complexity index is 695. The van der Waals surface area contributed by atoms with Gasteiger partial charge in [-0.1, -0.05) is 12.1 Å². The Labute approximate surface area is 109 Å². The third-order valence-corrected chi connectivity index (χ3v) is 2.93. The second kappa shape index (κ2) is 4.13. The molecule has 1 heterocycles. The molecular weight excluding hydrogens is 242 g/mol. The van der Waals surface area contributed by atoms with Gasteiger partial charge in [0.25, 0.3) is 11.8 Å². The molecule has 2 aromatic carbocycles. The van der Waals surface area contributed by atoms with E-state index in [0.29, 0.717) is 22.5 Å². The van der Waals surface area contributed by atoms with Crippen LogP contribution in [0.2, 0.25) is 0 Å². The van der Waals surface area contributed by atoms with Gasteiger partial charge in [0.1, 0.15) is 0 Å². The van der Waals surface area contributed by atoms with E-state index in [0.717, 1.165) is 5.69 Å². The zero-order valence-electron chi connectivity index (χ0n) is 9.94. The van der Waals surface area contributed by atoms with E-state index in [2.05, 4.69) is 10.6 Å². The fourth-order valence-electron chi connectivity index (χ4n) is 2.10. The first kappa shape index (κ1) is 11.3. The van der Waals surface area contributed by atoms with Crippen molar-refractivity contribution < 1.29 is 9.59 Å². The van der Waals surface area contributed by atoms with Crippen molar-refractivity contribution in [2.45, 2.75) is 0 Å². The fourth-order valence-corrected chi connectivity index (χ4v) is 2.10. The highest BCUT2D eigenvalue weighted by atomic mass is 16.2. The van der Waals surface area contributed by atoms with E-state index >= 15 is 0 Å². The number of hydrogen-bond donors (Lipinski definition) is 3. The van der Waals surface area contributed by atoms with Gasteiger partial charge in [-0.05, 0) is 30.3 Å². The summed E-state index contributed by atoms with van der Waals surface area (Å²) >= 11 is 0. The highest BCUT2D eigenvalue weighted by Gasteiger charge is 2.29. The first-order valence-corrected chi connectivity index (χ1v) is 5.76. The number of nitrogen functional groups attached to an aromatic ring is 1. The molecule has 3 rings (SSSR count). The zero-order chi connectivity index (χ0) is 13.4. The fraction of sp³-hybridized carbons (Fsp3) is 0. The van der Waals surface area contributed by atoms with Crippen LogP contribution in [0.4, 0.5) is 17.1 Å². The average Bonchev–Trinajstić information content (AvgIpc) is 2.66. The van der Waals surface area contributed by atoms with Gasteiger partial charge < -0.3 is 11.1 Å². The molecular formula is C14H11N3O2. The number of carbonyl (C=O) groups is 2. The van der Waals surface area contributed by atoms with E-state index in [9.17, 15) is 9.59 Å². The van der Waals surface area contributed by atoms with Crippen molar-refractivity contribution in [2.24, 2.45) is 0 Å². The van der Waals surface area contributed by atoms with Gasteiger partial charge in [0.05, 0.1) is 16.8 Å². The predicted octanol–water partition coefficient (Wildman–Crippen LogP) is 1.90. The molecule has 5 nitrogen and oxygen atoms in total. The van der Waals surface area contributed by atoms with E-state index in [1.165, 1.54) is 0 Å². The number of amides is 2. The van der Waals surface area contributed by atoms with Crippen molar-refractivity contribution in [1.29, 1.82) is 0 Å². The monoisotopic (exact) mass is 253 g/mol. The Kier molecular flexibility index (Phi) is 2.45. The van der Waals surface area contributed by atoms with Crippen LogP contribution in [0.3, 0.4) is 0 Å². The molecule has 0 spiro atoms. The van der Waals surface area contributed by atoms with Gasteiger partial charge in [0, 0.05) is 11.4 Å². The lowest BCUT2D eigenvalue weighted by Crippen LogP contribution is -2.20. The molecule has 19 heavy (non-hydrogen) atoms. The molecule has 1 aliphatic heterocycles. The first-order chi connectivity index (χ1) is 9.15. The van der Waals surface area contributed by atoms with E-state index in [1.54, 1.807) is 30.3 Å². The molecule has 0 atom stereocenters. The summed E-state index contributed by atoms with van der Waals surface area (Å²) in [7, 11) is 0. The van der Waals surface area contributed by atoms with Gasteiger partial charge in [-0.15, -0.1) is 0 Å². The topological polar surface area (TPSA) is 84.2 Å². The quantitative estimate of drug-likeness (QED) is 0.563. The Morgan fingerprint density at radius 2 is 1.79 bits per heavy atom. The lowest BCUT2D eigenvalue weighted by atomic mass is 10.1. The largest absolute Gasteiger partial charge is 0.399 e. The molecule has 0 aromatic heterocycles. The number of benzene rings is 2. The van der Waals surface area contributed by atoms with Crippen LogP contribution < -0.4 is 16.4 Å². The van der Waals surface area contributed by atoms with Crippen molar-refractivity contribution in [3.8, 4) is 0 Å². The smallest absolute Gasteiger partial charge is 0.261 e. The maximum Gasteiger partial charge on any atom is 0.261 e. The summed E-state index contributed by atoms with van der Waals surface area (Å²) in [6.07, 6.45) is 0. The molecule has 1 aliphatic rings. The molecule has 2 aromatic rings. The van der Waals surface area contributed by atoms with Crippen LogP contribution in [0.25, 0.3) is 0 Å². The third kappa shape index (κ3) is 1.91. The van der Waals surface area contributed by atoms with Crippen LogP contribution in [0.1, 0.15) is 20.7 Å². The van der Waals surface area contributed by atoms with Crippen LogP contribution in [0.5, 0.6) is 0 Å². The number of nitrogens with two attached hydrogens (primary N) is 1. The van der Waals surface area contributed by atoms with Crippen LogP contribution >= 0.6 is 0 Å². The van der Waals surface area contributed by atoms with Gasteiger partial charge in [-0.2, -0.15) is 0 Å². The Balaban J connectivity index is 2.04. The molecule has 0 saturated heterocycles. The summed E-state index contributed by atoms with van der Waals surface area (Å²) in [6, 6.07) is 12.3. The second-order valence-corrected chi connectivity index (χ2v) is 4.26. The molecule has 0 bridgehead atoms. The summed E-state index contributed by atoms with van der Waals surface area (Å²) in [5, 5.41) is 5.38. The van der Waals surface area contributed by atoms with Crippen LogP contribution in [-0.4, -0.2) is 11.8 Å². The number of hydrogen-bond acceptors (Lipinski definition) is 4. The standard InChI is InChI=1S/C14H11N3O2/c15-8-3-1-4-9(7-8)16-11-6-2-5-10-12(11)14(19)17-13(10)18/h1-7,16H,15H2,(H,17,18,19). The van der Waals surface area contributed by atoms with Crippen molar-refractivity contribution in [3.05, 3.63) is 53.6 Å². The third-order valence-electron chi connectivity index (χ3n) is 2.93. The van der Waals surface area contributed by atoms with Gasteiger partial charge in [0.15, 0.2) is 0 Å². The molecule has 0 saturated carbocycles. The maximum absolute atomic E-state index is 11.8.